The second kappa shape index (κ2) is 32.9. The number of methoxy groups -OCH3 is 2. The van der Waals surface area contributed by atoms with Gasteiger partial charge in [-0.15, -0.1) is 13.2 Å². The Bertz CT molecular complexity index is 2680. The van der Waals surface area contributed by atoms with Gasteiger partial charge in [-0.3, -0.25) is 14.4 Å². The lowest BCUT2D eigenvalue weighted by atomic mass is 9.74. The second-order valence-electron chi connectivity index (χ2n) is 26.5. The number of alkyl carbamates (subject to hydrolysis) is 1. The van der Waals surface area contributed by atoms with E-state index < -0.39 is 184 Å². The molecule has 22 atom stereocenters. The summed E-state index contributed by atoms with van der Waals surface area (Å²) in [6.07, 6.45) is -20.7. The van der Waals surface area contributed by atoms with E-state index in [-0.39, 0.29) is 49.6 Å². The summed E-state index contributed by atoms with van der Waals surface area (Å²) in [7, 11) is 1.69. The van der Waals surface area contributed by atoms with Crippen LogP contribution in [0.5, 0.6) is 5.75 Å². The van der Waals surface area contributed by atoms with E-state index in [1.165, 1.54) is 49.0 Å². The molecule has 4 heterocycles. The SMILES string of the molecule is CON=C1C[C@@H](C)O[C@@H](OC2C(C)CC(C)(OC(=O)NC(C)(C)CNS(=O)(=O)c3ccc(OC(F)(F)F)cc3)C(=O)C(C)C(OC(=O)CC(C)C)C(C)C(C(C)CO[C@@H]3O[C@H](C)[C@@H](O)[C@@H](OC)[C@H]3OC)OC(=O)C(C)C(O[C@H]3CC(C)N(C)C[C@H](C)O3)C2C)[C@@H]1O. The number of carbonyl (C=O) groups is 4. The van der Waals surface area contributed by atoms with Gasteiger partial charge < -0.3 is 82.1 Å². The zero-order valence-electron chi connectivity index (χ0n) is 56.0. The Morgan fingerprint density at radius 1 is 0.835 bits per heavy atom. The average Bonchev–Trinajstić information content (AvgIpc) is 0.964. The molecule has 5 rings (SSSR count). The Morgan fingerprint density at radius 2 is 1.47 bits per heavy atom. The zero-order chi connectivity index (χ0) is 68.4. The third-order valence-electron chi connectivity index (χ3n) is 17.4. The number of nitrogens with zero attached hydrogens (tertiary/aromatic N) is 2. The molecule has 0 aromatic heterocycles. The van der Waals surface area contributed by atoms with Crippen molar-refractivity contribution >= 4 is 39.6 Å². The van der Waals surface area contributed by atoms with Crippen LogP contribution in [-0.2, 0) is 81.3 Å². The molecule has 522 valence electrons. The molecule has 0 aliphatic carbocycles. The highest BCUT2D eigenvalue weighted by Crippen LogP contribution is 2.41. The van der Waals surface area contributed by atoms with E-state index in [2.05, 4.69) is 24.8 Å². The molecule has 4 saturated heterocycles. The number of aliphatic hydroxyl groups excluding tert-OH is 2. The number of halogens is 3. The van der Waals surface area contributed by atoms with Crippen LogP contribution in [0.15, 0.2) is 34.3 Å². The van der Waals surface area contributed by atoms with Crippen LogP contribution in [0.1, 0.15) is 130 Å². The Kier molecular flexibility index (Phi) is 27.9. The van der Waals surface area contributed by atoms with Crippen molar-refractivity contribution in [1.82, 2.24) is 14.9 Å². The molecule has 25 nitrogen and oxygen atoms in total. The lowest BCUT2D eigenvalue weighted by Gasteiger charge is -2.45. The van der Waals surface area contributed by atoms with E-state index >= 15 is 9.59 Å². The van der Waals surface area contributed by atoms with Crippen molar-refractivity contribution in [3.8, 4) is 5.75 Å². The molecule has 1 amide bonds. The summed E-state index contributed by atoms with van der Waals surface area (Å²) >= 11 is 0. The van der Waals surface area contributed by atoms with Crippen molar-refractivity contribution in [2.24, 2.45) is 46.6 Å². The van der Waals surface area contributed by atoms with Crippen molar-refractivity contribution in [2.45, 2.75) is 244 Å². The molecule has 1 aromatic carbocycles. The molecular formula is C62H101F3N4O21S. The fourth-order valence-electron chi connectivity index (χ4n) is 12.5. The van der Waals surface area contributed by atoms with Crippen LogP contribution in [0.25, 0.3) is 0 Å². The smallest absolute Gasteiger partial charge is 0.461 e. The van der Waals surface area contributed by atoms with Gasteiger partial charge in [0.05, 0.1) is 65.1 Å². The van der Waals surface area contributed by atoms with Crippen LogP contribution in [0.2, 0.25) is 0 Å². The number of sulfonamides is 1. The standard InChI is InChI=1S/C62H101F3N4O21S/c1-31(2)24-45(70)85-51-38(9)50(33(4)29-81-58-54(79-18)53(78-17)47(71)41(12)84-58)87-56(74)40(11)52(86-46-25-34(5)69(16)28-36(7)82-46)37(8)49(88-57-48(72)44(68-80-19)26-35(6)83-57)32(3)27-61(15,55(73)39(51)10)90-59(75)67-60(13,14)30-66-91(76,77)43-22-20-42(21-23-43)89-62(63,64)65/h20-23,31-41,46-54,57-58,66,71-72H,24-30H2,1-19H3,(H,67,75)/t32?,33?,34?,35-,36+,37?,38?,39?,40?,41-,46+,47-,48-,49?,50?,51?,52?,53-,54-,57+,58-,61?/m1/s1. The number of amides is 1. The van der Waals surface area contributed by atoms with Crippen LogP contribution in [0.4, 0.5) is 18.0 Å². The number of oxime groups is 1. The summed E-state index contributed by atoms with van der Waals surface area (Å²) in [5, 5.41) is 29.6. The number of nitrogens with one attached hydrogen (secondary N) is 2. The average molecular weight is 1330 g/mol. The fourth-order valence-corrected chi connectivity index (χ4v) is 13.7. The minimum atomic E-state index is -5.02. The number of carbonyl (C=O) groups excluding carboxylic acids is 4. The predicted molar refractivity (Wildman–Crippen MR) is 322 cm³/mol. The van der Waals surface area contributed by atoms with Gasteiger partial charge in [-0.1, -0.05) is 53.6 Å². The first-order valence-electron chi connectivity index (χ1n) is 31.2. The van der Waals surface area contributed by atoms with Gasteiger partial charge in [-0.25, -0.2) is 17.9 Å². The summed E-state index contributed by atoms with van der Waals surface area (Å²) in [6, 6.07) is 3.42. The first-order valence-corrected chi connectivity index (χ1v) is 32.7. The van der Waals surface area contributed by atoms with Gasteiger partial charge in [-0.05, 0) is 105 Å². The summed E-state index contributed by atoms with van der Waals surface area (Å²) in [4.78, 5) is 67.2. The van der Waals surface area contributed by atoms with Crippen molar-refractivity contribution in [3.05, 3.63) is 24.3 Å². The van der Waals surface area contributed by atoms with Gasteiger partial charge in [0.15, 0.2) is 30.3 Å². The molecule has 4 aliphatic rings. The molecule has 0 spiro atoms. The molecular weight excluding hydrogens is 1230 g/mol. The number of likely N-dealkylation sites (N-methyl/N-ethyl adjacent to an activating group) is 1. The first-order chi connectivity index (χ1) is 42.2. The Morgan fingerprint density at radius 3 is 2.07 bits per heavy atom. The Labute approximate surface area is 534 Å². The number of alkyl halides is 3. The second-order valence-corrected chi connectivity index (χ2v) is 28.3. The van der Waals surface area contributed by atoms with Gasteiger partial charge in [0.1, 0.15) is 49.5 Å². The lowest BCUT2D eigenvalue weighted by Crippen LogP contribution is -2.59. The molecule has 4 aliphatic heterocycles. The number of hydrogen-bond acceptors (Lipinski definition) is 23. The minimum Gasteiger partial charge on any atom is -0.461 e. The van der Waals surface area contributed by atoms with Gasteiger partial charge in [-0.2, -0.15) is 0 Å². The van der Waals surface area contributed by atoms with Crippen LogP contribution in [0, 0.1) is 41.4 Å². The van der Waals surface area contributed by atoms with E-state index in [9.17, 15) is 41.4 Å². The number of Topliss-reactive ketones (excluding diaryl/α,β-unsaturated/α-hetero) is 1. The maximum atomic E-state index is 16.1. The highest BCUT2D eigenvalue weighted by molar-refractivity contribution is 7.89. The molecule has 1 aromatic rings. The number of ketones is 1. The third kappa shape index (κ3) is 21.1. The van der Waals surface area contributed by atoms with E-state index in [1.807, 2.05) is 20.9 Å². The Balaban J connectivity index is 1.68. The van der Waals surface area contributed by atoms with Gasteiger partial charge in [0.25, 0.3) is 0 Å². The third-order valence-corrected chi connectivity index (χ3v) is 18.9. The highest BCUT2D eigenvalue weighted by Gasteiger charge is 2.53. The predicted octanol–water partition coefficient (Wildman–Crippen LogP) is 6.66. The van der Waals surface area contributed by atoms with Gasteiger partial charge >= 0.3 is 24.4 Å². The molecule has 0 radical (unpaired) electrons. The van der Waals surface area contributed by atoms with Crippen molar-refractivity contribution in [1.29, 1.82) is 0 Å². The van der Waals surface area contributed by atoms with E-state index in [1.54, 1.807) is 62.3 Å². The summed E-state index contributed by atoms with van der Waals surface area (Å²) < 4.78 is 142. The van der Waals surface area contributed by atoms with Crippen LogP contribution in [0.3, 0.4) is 0 Å². The molecule has 4 fully saturated rings. The first kappa shape index (κ1) is 77.3. The molecule has 0 bridgehead atoms. The highest BCUT2D eigenvalue weighted by atomic mass is 32.2. The monoisotopic (exact) mass is 1330 g/mol. The molecule has 4 N–H and O–H groups in total. The fraction of sp³-hybridized carbons (Fsp3) is 0.823. The number of esters is 2. The van der Waals surface area contributed by atoms with Crippen LogP contribution >= 0.6 is 0 Å². The summed E-state index contributed by atoms with van der Waals surface area (Å²) in [6.45, 7) is 25.1. The minimum absolute atomic E-state index is 0.0647. The molecule has 29 heteroatoms. The number of benzene rings is 1. The Hall–Kier alpha value is -4.37. The maximum absolute atomic E-state index is 16.1. The zero-order valence-corrected chi connectivity index (χ0v) is 56.9. The van der Waals surface area contributed by atoms with E-state index in [4.69, 9.17) is 56.9 Å². The maximum Gasteiger partial charge on any atom is 0.573 e. The van der Waals surface area contributed by atoms with Gasteiger partial charge in [0.2, 0.25) is 10.0 Å². The largest absolute Gasteiger partial charge is 0.573 e. The topological polar surface area (TPSA) is 303 Å². The number of aliphatic hydroxyl groups is 2. The summed E-state index contributed by atoms with van der Waals surface area (Å²) in [5.41, 5.74) is -3.52. The van der Waals surface area contributed by atoms with Crippen LogP contribution < -0.4 is 14.8 Å². The quantitative estimate of drug-likeness (QED) is 0.0568. The van der Waals surface area contributed by atoms with Crippen LogP contribution in [-0.4, -0.2) is 211 Å². The number of ether oxygens (including phenoxy) is 12. The molecule has 12 unspecified atom stereocenters. The number of cyclic esters (lactones) is 1. The number of hydrogen-bond donors (Lipinski definition) is 4. The molecule has 91 heavy (non-hydrogen) atoms. The van der Waals surface area contributed by atoms with Crippen molar-refractivity contribution < 1.29 is 113 Å². The number of rotatable bonds is 21. The van der Waals surface area contributed by atoms with Gasteiger partial charge in [0, 0.05) is 70.4 Å². The van der Waals surface area contributed by atoms with E-state index in [0.29, 0.717) is 13.0 Å². The van der Waals surface area contributed by atoms with Crippen molar-refractivity contribution in [2.75, 3.05) is 48.1 Å². The lowest BCUT2D eigenvalue weighted by molar-refractivity contribution is -0.305. The summed E-state index contributed by atoms with van der Waals surface area (Å²) in [5.74, 6) is -9.34. The van der Waals surface area contributed by atoms with E-state index in [0.717, 1.165) is 24.3 Å². The molecule has 0 saturated carbocycles. The van der Waals surface area contributed by atoms with Crippen molar-refractivity contribution in [3.63, 3.8) is 0 Å². The normalized spacial score (nSPS) is 36.4.